The van der Waals surface area contributed by atoms with E-state index in [0.717, 1.165) is 11.4 Å². The molecule has 1 aromatic carbocycles. The molecule has 0 aliphatic heterocycles. The van der Waals surface area contributed by atoms with Gasteiger partial charge in [-0.1, -0.05) is 12.1 Å². The summed E-state index contributed by atoms with van der Waals surface area (Å²) in [6, 6.07) is 6.76. The summed E-state index contributed by atoms with van der Waals surface area (Å²) < 4.78 is 1.84. The number of nitrogens with zero attached hydrogens (tertiary/aromatic N) is 2. The molecule has 2 amide bonds. The summed E-state index contributed by atoms with van der Waals surface area (Å²) in [6.07, 6.45) is 2.99. The molecule has 20 heavy (non-hydrogen) atoms. The Morgan fingerprint density at radius 1 is 1.40 bits per heavy atom. The quantitative estimate of drug-likeness (QED) is 0.795. The molecular formula is C14H18N4O2. The summed E-state index contributed by atoms with van der Waals surface area (Å²) in [6.45, 7) is 2.06. The topological polar surface area (TPSA) is 79.2 Å². The Morgan fingerprint density at radius 3 is 2.65 bits per heavy atom. The fourth-order valence-corrected chi connectivity index (χ4v) is 1.75. The van der Waals surface area contributed by atoms with E-state index in [2.05, 4.69) is 15.6 Å². The highest BCUT2D eigenvalue weighted by Gasteiger charge is 2.05. The number of carbonyl (C=O) groups excluding carboxylic acids is 1. The standard InChI is InChI=1S/C14H18N4O2/c1-10(19)11-3-5-12(6-4-11)17-14(20)16-9-13-15-7-8-18(13)2/h3-8,10,19H,9H2,1-2H3,(H2,16,17,20). The number of aromatic nitrogens is 2. The minimum Gasteiger partial charge on any atom is -0.389 e. The Bertz CT molecular complexity index is 575. The number of hydrogen-bond acceptors (Lipinski definition) is 3. The van der Waals surface area contributed by atoms with Crippen molar-refractivity contribution in [3.8, 4) is 0 Å². The molecule has 106 valence electrons. The molecular weight excluding hydrogens is 256 g/mol. The first-order valence-electron chi connectivity index (χ1n) is 6.35. The van der Waals surface area contributed by atoms with E-state index in [1.807, 2.05) is 17.8 Å². The number of imidazole rings is 1. The normalized spacial score (nSPS) is 11.9. The molecule has 6 nitrogen and oxygen atoms in total. The minimum atomic E-state index is -0.513. The first kappa shape index (κ1) is 14.1. The summed E-state index contributed by atoms with van der Waals surface area (Å²) >= 11 is 0. The number of aliphatic hydroxyl groups is 1. The predicted octanol–water partition coefficient (Wildman–Crippen LogP) is 1.80. The summed E-state index contributed by atoms with van der Waals surface area (Å²) in [4.78, 5) is 15.8. The third-order valence-corrected chi connectivity index (χ3v) is 2.98. The molecule has 0 aliphatic rings. The molecule has 1 atom stereocenters. The van der Waals surface area contributed by atoms with Crippen LogP contribution in [0.25, 0.3) is 0 Å². The lowest BCUT2D eigenvalue weighted by atomic mass is 10.1. The summed E-state index contributed by atoms with van der Waals surface area (Å²) in [5.41, 5.74) is 1.48. The van der Waals surface area contributed by atoms with Crippen LogP contribution >= 0.6 is 0 Å². The van der Waals surface area contributed by atoms with Crippen molar-refractivity contribution in [2.45, 2.75) is 19.6 Å². The van der Waals surface area contributed by atoms with Gasteiger partial charge < -0.3 is 20.3 Å². The monoisotopic (exact) mass is 274 g/mol. The van der Waals surface area contributed by atoms with Gasteiger partial charge in [0, 0.05) is 25.1 Å². The van der Waals surface area contributed by atoms with E-state index in [0.29, 0.717) is 12.2 Å². The average molecular weight is 274 g/mol. The Hall–Kier alpha value is -2.34. The molecule has 6 heteroatoms. The van der Waals surface area contributed by atoms with Crippen molar-refractivity contribution < 1.29 is 9.90 Å². The van der Waals surface area contributed by atoms with Crippen molar-refractivity contribution in [1.82, 2.24) is 14.9 Å². The number of carbonyl (C=O) groups is 1. The van der Waals surface area contributed by atoms with Crippen LogP contribution in [0.5, 0.6) is 0 Å². The van der Waals surface area contributed by atoms with Gasteiger partial charge >= 0.3 is 6.03 Å². The molecule has 1 aromatic heterocycles. The Kier molecular flexibility index (Phi) is 4.37. The zero-order chi connectivity index (χ0) is 14.5. The van der Waals surface area contributed by atoms with E-state index in [1.165, 1.54) is 0 Å². The smallest absolute Gasteiger partial charge is 0.319 e. The number of urea groups is 1. The van der Waals surface area contributed by atoms with Gasteiger partial charge in [0.25, 0.3) is 0 Å². The van der Waals surface area contributed by atoms with Gasteiger partial charge in [0.2, 0.25) is 0 Å². The second-order valence-corrected chi connectivity index (χ2v) is 4.56. The molecule has 2 rings (SSSR count). The Labute approximate surface area is 117 Å². The highest BCUT2D eigenvalue weighted by molar-refractivity contribution is 5.89. The molecule has 0 saturated carbocycles. The van der Waals surface area contributed by atoms with E-state index in [-0.39, 0.29) is 6.03 Å². The second-order valence-electron chi connectivity index (χ2n) is 4.56. The first-order valence-corrected chi connectivity index (χ1v) is 6.35. The third kappa shape index (κ3) is 3.58. The van der Waals surface area contributed by atoms with Gasteiger partial charge in [-0.15, -0.1) is 0 Å². The number of rotatable bonds is 4. The van der Waals surface area contributed by atoms with Gasteiger partial charge in [-0.05, 0) is 24.6 Å². The lowest BCUT2D eigenvalue weighted by molar-refractivity contribution is 0.199. The lowest BCUT2D eigenvalue weighted by Gasteiger charge is -2.09. The van der Waals surface area contributed by atoms with Crippen LogP contribution in [0.2, 0.25) is 0 Å². The maximum Gasteiger partial charge on any atom is 0.319 e. The van der Waals surface area contributed by atoms with Crippen LogP contribution in [0.3, 0.4) is 0 Å². The van der Waals surface area contributed by atoms with E-state index < -0.39 is 6.10 Å². The van der Waals surface area contributed by atoms with Crippen LogP contribution in [0.15, 0.2) is 36.7 Å². The number of anilines is 1. The Balaban J connectivity index is 1.86. The third-order valence-electron chi connectivity index (χ3n) is 2.98. The van der Waals surface area contributed by atoms with E-state index >= 15 is 0 Å². The fraction of sp³-hybridized carbons (Fsp3) is 0.286. The van der Waals surface area contributed by atoms with Crippen LogP contribution in [-0.4, -0.2) is 20.7 Å². The van der Waals surface area contributed by atoms with Gasteiger partial charge in [0.1, 0.15) is 5.82 Å². The number of aliphatic hydroxyl groups excluding tert-OH is 1. The number of hydrogen-bond donors (Lipinski definition) is 3. The summed E-state index contributed by atoms with van der Waals surface area (Å²) in [7, 11) is 1.87. The molecule has 0 aliphatic carbocycles. The number of benzene rings is 1. The van der Waals surface area contributed by atoms with Crippen LogP contribution in [-0.2, 0) is 13.6 Å². The predicted molar refractivity (Wildman–Crippen MR) is 76.1 cm³/mol. The maximum atomic E-state index is 11.7. The largest absolute Gasteiger partial charge is 0.389 e. The first-order chi connectivity index (χ1) is 9.56. The van der Waals surface area contributed by atoms with Crippen molar-refractivity contribution in [3.63, 3.8) is 0 Å². The SMILES string of the molecule is CC(O)c1ccc(NC(=O)NCc2nccn2C)cc1. The maximum absolute atomic E-state index is 11.7. The zero-order valence-electron chi connectivity index (χ0n) is 11.5. The Morgan fingerprint density at radius 2 is 2.10 bits per heavy atom. The molecule has 0 saturated heterocycles. The minimum absolute atomic E-state index is 0.294. The average Bonchev–Trinajstić information content (AvgIpc) is 2.82. The highest BCUT2D eigenvalue weighted by atomic mass is 16.3. The van der Waals surface area contributed by atoms with E-state index in [9.17, 15) is 9.90 Å². The van der Waals surface area contributed by atoms with Gasteiger partial charge in [-0.2, -0.15) is 0 Å². The van der Waals surface area contributed by atoms with Gasteiger partial charge in [0.15, 0.2) is 0 Å². The number of aryl methyl sites for hydroxylation is 1. The zero-order valence-corrected chi connectivity index (χ0v) is 11.5. The molecule has 0 spiro atoms. The van der Waals surface area contributed by atoms with Crippen LogP contribution in [0, 0.1) is 0 Å². The van der Waals surface area contributed by atoms with Crippen LogP contribution < -0.4 is 10.6 Å². The molecule has 0 bridgehead atoms. The molecule has 1 heterocycles. The summed E-state index contributed by atoms with van der Waals surface area (Å²) in [5.74, 6) is 0.782. The van der Waals surface area contributed by atoms with Gasteiger partial charge in [-0.3, -0.25) is 0 Å². The number of nitrogens with one attached hydrogen (secondary N) is 2. The van der Waals surface area contributed by atoms with Crippen molar-refractivity contribution in [2.24, 2.45) is 7.05 Å². The second kappa shape index (κ2) is 6.21. The lowest BCUT2D eigenvalue weighted by Crippen LogP contribution is -2.29. The van der Waals surface area contributed by atoms with Gasteiger partial charge in [0.05, 0.1) is 12.6 Å². The van der Waals surface area contributed by atoms with E-state index in [4.69, 9.17) is 0 Å². The van der Waals surface area contributed by atoms with Crippen molar-refractivity contribution in [2.75, 3.05) is 5.32 Å². The fourth-order valence-electron chi connectivity index (χ4n) is 1.75. The highest BCUT2D eigenvalue weighted by Crippen LogP contribution is 2.15. The van der Waals surface area contributed by atoms with Crippen molar-refractivity contribution >= 4 is 11.7 Å². The molecule has 3 N–H and O–H groups in total. The van der Waals surface area contributed by atoms with Crippen molar-refractivity contribution in [1.29, 1.82) is 0 Å². The molecule has 2 aromatic rings. The van der Waals surface area contributed by atoms with Crippen LogP contribution in [0.4, 0.5) is 10.5 Å². The van der Waals surface area contributed by atoms with Crippen molar-refractivity contribution in [3.05, 3.63) is 48.0 Å². The number of amides is 2. The molecule has 1 unspecified atom stereocenters. The van der Waals surface area contributed by atoms with E-state index in [1.54, 1.807) is 37.4 Å². The summed E-state index contributed by atoms with van der Waals surface area (Å²) in [5, 5.41) is 14.9. The van der Waals surface area contributed by atoms with Gasteiger partial charge in [-0.25, -0.2) is 9.78 Å². The molecule has 0 radical (unpaired) electrons. The van der Waals surface area contributed by atoms with Crippen LogP contribution in [0.1, 0.15) is 24.4 Å². The molecule has 0 fully saturated rings.